The number of nitrogens with zero attached hydrogens (tertiary/aromatic N) is 4. The van der Waals surface area contributed by atoms with Crippen LogP contribution in [0.3, 0.4) is 0 Å². The first-order chi connectivity index (χ1) is 12.7. The van der Waals surface area contributed by atoms with E-state index in [-0.39, 0.29) is 0 Å². The van der Waals surface area contributed by atoms with E-state index in [4.69, 9.17) is 16.3 Å². The minimum Gasteiger partial charge on any atom is -0.439 e. The van der Waals surface area contributed by atoms with Crippen LogP contribution in [0.25, 0.3) is 0 Å². The fourth-order valence-corrected chi connectivity index (χ4v) is 3.23. The van der Waals surface area contributed by atoms with Crippen LogP contribution in [0.5, 0.6) is 11.6 Å². The van der Waals surface area contributed by atoms with Crippen molar-refractivity contribution in [2.24, 2.45) is 0 Å². The van der Waals surface area contributed by atoms with E-state index in [0.29, 0.717) is 10.9 Å². The van der Waals surface area contributed by atoms with Gasteiger partial charge in [-0.25, -0.2) is 15.0 Å². The van der Waals surface area contributed by atoms with E-state index in [1.165, 1.54) is 5.56 Å². The Labute approximate surface area is 157 Å². The lowest BCUT2D eigenvalue weighted by atomic mass is 10.1. The van der Waals surface area contributed by atoms with E-state index >= 15 is 0 Å². The highest BCUT2D eigenvalue weighted by Crippen LogP contribution is 2.26. The summed E-state index contributed by atoms with van der Waals surface area (Å²) >= 11 is 5.94. The number of halogens is 1. The van der Waals surface area contributed by atoms with E-state index < -0.39 is 0 Å². The number of aromatic nitrogens is 3. The fraction of sp³-hybridized carbons (Fsp3) is 0.250. The van der Waals surface area contributed by atoms with Gasteiger partial charge >= 0.3 is 0 Å². The van der Waals surface area contributed by atoms with Crippen molar-refractivity contribution < 1.29 is 4.74 Å². The van der Waals surface area contributed by atoms with Crippen LogP contribution in [0.15, 0.2) is 48.8 Å². The van der Waals surface area contributed by atoms with Gasteiger partial charge in [0.25, 0.3) is 0 Å². The molecule has 0 atom stereocenters. The van der Waals surface area contributed by atoms with E-state index in [2.05, 4.69) is 25.9 Å². The average Bonchev–Trinajstić information content (AvgIpc) is 2.65. The second-order valence-electron chi connectivity index (χ2n) is 6.37. The van der Waals surface area contributed by atoms with Gasteiger partial charge in [-0.15, -0.1) is 0 Å². The Balaban J connectivity index is 1.50. The lowest BCUT2D eigenvalue weighted by molar-refractivity contribution is 0.239. The highest BCUT2D eigenvalue weighted by molar-refractivity contribution is 6.30. The lowest BCUT2D eigenvalue weighted by Crippen LogP contribution is -2.31. The molecule has 6 heteroatoms. The van der Waals surface area contributed by atoms with E-state index in [9.17, 15) is 0 Å². The zero-order chi connectivity index (χ0) is 17.9. The number of hydrogen-bond donors (Lipinski definition) is 0. The average molecular weight is 367 g/mol. The molecule has 0 bridgehead atoms. The highest BCUT2D eigenvalue weighted by Gasteiger charge is 2.19. The quantitative estimate of drug-likeness (QED) is 0.693. The molecule has 132 valence electrons. The fourth-order valence-electron chi connectivity index (χ4n) is 3.10. The van der Waals surface area contributed by atoms with Gasteiger partial charge in [0.1, 0.15) is 11.6 Å². The summed E-state index contributed by atoms with van der Waals surface area (Å²) < 4.78 is 5.97. The molecule has 3 heterocycles. The molecule has 0 radical (unpaired) electrons. The Bertz CT molecular complexity index is 914. The third-order valence-corrected chi connectivity index (χ3v) is 4.66. The number of aryl methyl sites for hydroxylation is 1. The molecule has 1 aliphatic rings. The van der Waals surface area contributed by atoms with Crippen molar-refractivity contribution in [2.75, 3.05) is 6.54 Å². The van der Waals surface area contributed by atoms with Gasteiger partial charge in [0, 0.05) is 60.3 Å². The Morgan fingerprint density at radius 1 is 1.15 bits per heavy atom. The molecule has 0 unspecified atom stereocenters. The first kappa shape index (κ1) is 16.9. The molecule has 1 aromatic carbocycles. The van der Waals surface area contributed by atoms with Gasteiger partial charge in [0.15, 0.2) is 0 Å². The van der Waals surface area contributed by atoms with Gasteiger partial charge in [0.2, 0.25) is 5.88 Å². The van der Waals surface area contributed by atoms with E-state index in [0.717, 1.165) is 48.9 Å². The Morgan fingerprint density at radius 2 is 2.00 bits per heavy atom. The largest absolute Gasteiger partial charge is 0.439 e. The maximum absolute atomic E-state index is 5.97. The zero-order valence-corrected chi connectivity index (χ0v) is 15.3. The summed E-state index contributed by atoms with van der Waals surface area (Å²) in [4.78, 5) is 15.7. The van der Waals surface area contributed by atoms with Crippen LogP contribution in [0.4, 0.5) is 0 Å². The van der Waals surface area contributed by atoms with Gasteiger partial charge < -0.3 is 4.74 Å². The monoisotopic (exact) mass is 366 g/mol. The van der Waals surface area contributed by atoms with Gasteiger partial charge in [0.05, 0.1) is 0 Å². The van der Waals surface area contributed by atoms with Crippen molar-refractivity contribution in [3.63, 3.8) is 0 Å². The van der Waals surface area contributed by atoms with Crippen molar-refractivity contribution in [3.05, 3.63) is 76.5 Å². The molecule has 0 amide bonds. The summed E-state index contributed by atoms with van der Waals surface area (Å²) in [5.41, 5.74) is 3.42. The number of ether oxygens (including phenoxy) is 1. The number of fused-ring (bicyclic) bond motifs is 1. The third-order valence-electron chi connectivity index (χ3n) is 4.41. The first-order valence-corrected chi connectivity index (χ1v) is 8.96. The van der Waals surface area contributed by atoms with Crippen molar-refractivity contribution in [1.82, 2.24) is 19.9 Å². The summed E-state index contributed by atoms with van der Waals surface area (Å²) in [6, 6.07) is 11.3. The number of rotatable bonds is 4. The van der Waals surface area contributed by atoms with Crippen LogP contribution in [0, 0.1) is 6.92 Å². The molecular formula is C20H19ClN4O. The second kappa shape index (κ2) is 7.40. The molecule has 1 aliphatic heterocycles. The molecule has 0 saturated carbocycles. The molecule has 0 aliphatic carbocycles. The van der Waals surface area contributed by atoms with Crippen molar-refractivity contribution in [3.8, 4) is 11.6 Å². The maximum atomic E-state index is 5.97. The van der Waals surface area contributed by atoms with Crippen molar-refractivity contribution in [2.45, 2.75) is 26.4 Å². The summed E-state index contributed by atoms with van der Waals surface area (Å²) in [7, 11) is 0. The number of hydrogen-bond acceptors (Lipinski definition) is 5. The third kappa shape index (κ3) is 3.84. The molecule has 26 heavy (non-hydrogen) atoms. The van der Waals surface area contributed by atoms with E-state index in [1.807, 2.05) is 43.5 Å². The highest BCUT2D eigenvalue weighted by atomic mass is 35.5. The Morgan fingerprint density at radius 3 is 2.85 bits per heavy atom. The molecule has 0 spiro atoms. The van der Waals surface area contributed by atoms with E-state index in [1.54, 1.807) is 6.20 Å². The first-order valence-electron chi connectivity index (χ1n) is 8.58. The summed E-state index contributed by atoms with van der Waals surface area (Å²) in [5, 5.41) is 0.683. The van der Waals surface area contributed by atoms with Crippen molar-refractivity contribution >= 4 is 11.6 Å². The molecule has 0 saturated heterocycles. The predicted molar refractivity (Wildman–Crippen MR) is 100 cm³/mol. The van der Waals surface area contributed by atoms with Crippen LogP contribution < -0.4 is 4.74 Å². The maximum Gasteiger partial charge on any atom is 0.223 e. The molecule has 5 nitrogen and oxygen atoms in total. The smallest absolute Gasteiger partial charge is 0.223 e. The van der Waals surface area contributed by atoms with Gasteiger partial charge in [-0.05, 0) is 37.3 Å². The number of benzene rings is 1. The van der Waals surface area contributed by atoms with Crippen LogP contribution >= 0.6 is 11.6 Å². The lowest BCUT2D eigenvalue weighted by Gasteiger charge is -2.28. The predicted octanol–water partition coefficient (Wildman–Crippen LogP) is 4.18. The Kier molecular flexibility index (Phi) is 4.82. The van der Waals surface area contributed by atoms with Gasteiger partial charge in [-0.1, -0.05) is 17.7 Å². The summed E-state index contributed by atoms with van der Waals surface area (Å²) in [6.45, 7) is 4.50. The topological polar surface area (TPSA) is 51.1 Å². The van der Waals surface area contributed by atoms with Crippen LogP contribution in [0.2, 0.25) is 5.02 Å². The molecule has 0 fully saturated rings. The van der Waals surface area contributed by atoms with Gasteiger partial charge in [-0.3, -0.25) is 4.90 Å². The van der Waals surface area contributed by atoms with Crippen molar-refractivity contribution in [1.29, 1.82) is 0 Å². The second-order valence-corrected chi connectivity index (χ2v) is 6.81. The van der Waals surface area contributed by atoms with Gasteiger partial charge in [-0.2, -0.15) is 0 Å². The summed E-state index contributed by atoms with van der Waals surface area (Å²) in [5.74, 6) is 2.19. The summed E-state index contributed by atoms with van der Waals surface area (Å²) in [6.07, 6.45) is 4.63. The zero-order valence-electron chi connectivity index (χ0n) is 14.5. The molecule has 2 aromatic heterocycles. The molecular weight excluding hydrogens is 348 g/mol. The van der Waals surface area contributed by atoms with Crippen LogP contribution in [-0.4, -0.2) is 26.4 Å². The Hall–Kier alpha value is -2.50. The molecule has 4 rings (SSSR count). The van der Waals surface area contributed by atoms with Crippen LogP contribution in [-0.2, 0) is 19.5 Å². The minimum atomic E-state index is 0.626. The minimum absolute atomic E-state index is 0.626. The normalized spacial score (nSPS) is 14.1. The standard InChI is InChI=1S/C20H19ClN4O/c1-14-23-11-16-13-25(10-8-19(16)24-14)12-15-3-2-9-22-20(15)26-18-6-4-17(21)5-7-18/h2-7,9,11H,8,10,12-13H2,1H3. The van der Waals surface area contributed by atoms with Crippen LogP contribution in [0.1, 0.15) is 22.6 Å². The molecule has 3 aromatic rings. The SMILES string of the molecule is Cc1ncc2c(n1)CCN(Cc1cccnc1Oc1ccc(Cl)cc1)C2. The number of pyridine rings is 1. The molecule has 0 N–H and O–H groups in total.